The molecule has 4 rings (SSSR count). The Bertz CT molecular complexity index is 769. The standard InChI is InChI=1S/C20H22F3N3O/c21-20(22,23)15-2-6-17(7-3-15)27-18-8-4-16(5-9-18)26-11-1-10-19(26)12-24-14-25-13-19/h2-9,24-25H,1,10-14H2. The molecule has 2 saturated heterocycles. The van der Waals surface area contributed by atoms with Gasteiger partial charge in [0.25, 0.3) is 0 Å². The summed E-state index contributed by atoms with van der Waals surface area (Å²) in [6.07, 6.45) is -2.03. The highest BCUT2D eigenvalue weighted by atomic mass is 19.4. The summed E-state index contributed by atoms with van der Waals surface area (Å²) in [5.74, 6) is 0.987. The van der Waals surface area contributed by atoms with Crippen molar-refractivity contribution in [2.24, 2.45) is 0 Å². The molecule has 0 aliphatic carbocycles. The van der Waals surface area contributed by atoms with Crippen molar-refractivity contribution >= 4 is 5.69 Å². The molecule has 0 amide bonds. The Kier molecular flexibility index (Phi) is 4.74. The minimum Gasteiger partial charge on any atom is -0.457 e. The second kappa shape index (κ2) is 7.05. The van der Waals surface area contributed by atoms with Gasteiger partial charge in [-0.3, -0.25) is 0 Å². The van der Waals surface area contributed by atoms with E-state index in [0.717, 1.165) is 57.0 Å². The Morgan fingerprint density at radius 3 is 2.07 bits per heavy atom. The van der Waals surface area contributed by atoms with E-state index in [4.69, 9.17) is 4.74 Å². The van der Waals surface area contributed by atoms with Gasteiger partial charge in [-0.1, -0.05) is 0 Å². The smallest absolute Gasteiger partial charge is 0.416 e. The molecular weight excluding hydrogens is 355 g/mol. The molecule has 144 valence electrons. The topological polar surface area (TPSA) is 36.5 Å². The lowest BCUT2D eigenvalue weighted by Crippen LogP contribution is -2.62. The SMILES string of the molecule is FC(F)(F)c1ccc(Oc2ccc(N3CCCC34CNCNC4)cc2)cc1. The van der Waals surface area contributed by atoms with Crippen molar-refractivity contribution in [3.8, 4) is 11.5 Å². The summed E-state index contributed by atoms with van der Waals surface area (Å²) in [6, 6.07) is 12.5. The van der Waals surface area contributed by atoms with E-state index in [2.05, 4.69) is 15.5 Å². The number of halogens is 3. The molecule has 2 N–H and O–H groups in total. The number of anilines is 1. The summed E-state index contributed by atoms with van der Waals surface area (Å²) in [4.78, 5) is 2.44. The third kappa shape index (κ3) is 3.75. The van der Waals surface area contributed by atoms with Gasteiger partial charge in [0, 0.05) is 32.0 Å². The van der Waals surface area contributed by atoms with Crippen molar-refractivity contribution in [1.29, 1.82) is 0 Å². The van der Waals surface area contributed by atoms with Gasteiger partial charge >= 0.3 is 6.18 Å². The molecule has 2 aliphatic rings. The molecule has 4 nitrogen and oxygen atoms in total. The van der Waals surface area contributed by atoms with Crippen LogP contribution < -0.4 is 20.3 Å². The predicted molar refractivity (Wildman–Crippen MR) is 98.1 cm³/mol. The summed E-state index contributed by atoms with van der Waals surface area (Å²) < 4.78 is 43.6. The van der Waals surface area contributed by atoms with E-state index in [1.54, 1.807) is 0 Å². The predicted octanol–water partition coefficient (Wildman–Crippen LogP) is 3.99. The molecule has 2 aromatic rings. The molecule has 2 fully saturated rings. The fraction of sp³-hybridized carbons (Fsp3) is 0.400. The molecule has 0 bridgehead atoms. The van der Waals surface area contributed by atoms with Crippen LogP contribution in [-0.4, -0.2) is 31.8 Å². The number of hydrogen-bond donors (Lipinski definition) is 2. The average molecular weight is 377 g/mol. The van der Waals surface area contributed by atoms with Crippen LogP contribution in [-0.2, 0) is 6.18 Å². The Labute approximate surface area is 156 Å². The van der Waals surface area contributed by atoms with Crippen molar-refractivity contribution in [3.63, 3.8) is 0 Å². The van der Waals surface area contributed by atoms with Crippen LogP contribution >= 0.6 is 0 Å². The van der Waals surface area contributed by atoms with Crippen molar-refractivity contribution in [2.45, 2.75) is 24.6 Å². The zero-order valence-electron chi connectivity index (χ0n) is 14.9. The molecule has 27 heavy (non-hydrogen) atoms. The molecular formula is C20H22F3N3O. The lowest BCUT2D eigenvalue weighted by molar-refractivity contribution is -0.137. The van der Waals surface area contributed by atoms with Crippen LogP contribution in [0.5, 0.6) is 11.5 Å². The molecule has 0 atom stereocenters. The van der Waals surface area contributed by atoms with E-state index in [9.17, 15) is 13.2 Å². The largest absolute Gasteiger partial charge is 0.457 e. The van der Waals surface area contributed by atoms with Gasteiger partial charge < -0.3 is 20.3 Å². The van der Waals surface area contributed by atoms with E-state index in [0.29, 0.717) is 11.5 Å². The molecule has 0 unspecified atom stereocenters. The van der Waals surface area contributed by atoms with E-state index in [-0.39, 0.29) is 5.54 Å². The summed E-state index contributed by atoms with van der Waals surface area (Å²) in [6.45, 7) is 3.78. The van der Waals surface area contributed by atoms with Crippen LogP contribution in [0.2, 0.25) is 0 Å². The maximum atomic E-state index is 12.6. The van der Waals surface area contributed by atoms with Gasteiger partial charge in [0.2, 0.25) is 0 Å². The van der Waals surface area contributed by atoms with Crippen LogP contribution in [0.15, 0.2) is 48.5 Å². The van der Waals surface area contributed by atoms with E-state index >= 15 is 0 Å². The van der Waals surface area contributed by atoms with Crippen LogP contribution in [0.25, 0.3) is 0 Å². The van der Waals surface area contributed by atoms with Gasteiger partial charge in [-0.15, -0.1) is 0 Å². The summed E-state index contributed by atoms with van der Waals surface area (Å²) >= 11 is 0. The average Bonchev–Trinajstić information content (AvgIpc) is 3.05. The monoisotopic (exact) mass is 377 g/mol. The Balaban J connectivity index is 1.46. The lowest BCUT2D eigenvalue weighted by Gasteiger charge is -2.43. The summed E-state index contributed by atoms with van der Waals surface area (Å²) in [5, 5.41) is 6.84. The first-order chi connectivity index (χ1) is 13.0. The highest BCUT2D eigenvalue weighted by Gasteiger charge is 2.41. The maximum Gasteiger partial charge on any atom is 0.416 e. The number of nitrogens with one attached hydrogen (secondary N) is 2. The third-order valence-electron chi connectivity index (χ3n) is 5.32. The van der Waals surface area contributed by atoms with Gasteiger partial charge in [0.1, 0.15) is 11.5 Å². The zero-order chi connectivity index (χ0) is 18.9. The quantitative estimate of drug-likeness (QED) is 0.848. The van der Waals surface area contributed by atoms with Gasteiger partial charge in [0.05, 0.1) is 11.1 Å². The Hall–Kier alpha value is -2.25. The number of nitrogens with zero attached hydrogens (tertiary/aromatic N) is 1. The maximum absolute atomic E-state index is 12.6. The second-order valence-corrected chi connectivity index (χ2v) is 7.13. The van der Waals surface area contributed by atoms with E-state index in [1.807, 2.05) is 24.3 Å². The fourth-order valence-electron chi connectivity index (χ4n) is 3.99. The lowest BCUT2D eigenvalue weighted by atomic mass is 9.94. The van der Waals surface area contributed by atoms with Gasteiger partial charge in [0.15, 0.2) is 0 Å². The molecule has 2 aliphatic heterocycles. The first-order valence-electron chi connectivity index (χ1n) is 9.11. The third-order valence-corrected chi connectivity index (χ3v) is 5.32. The molecule has 0 saturated carbocycles. The van der Waals surface area contributed by atoms with Crippen molar-refractivity contribution in [3.05, 3.63) is 54.1 Å². The first-order valence-corrected chi connectivity index (χ1v) is 9.11. The number of benzene rings is 2. The van der Waals surface area contributed by atoms with Crippen molar-refractivity contribution in [1.82, 2.24) is 10.6 Å². The Morgan fingerprint density at radius 2 is 1.48 bits per heavy atom. The molecule has 2 heterocycles. The fourth-order valence-corrected chi connectivity index (χ4v) is 3.99. The van der Waals surface area contributed by atoms with Crippen molar-refractivity contribution in [2.75, 3.05) is 31.2 Å². The normalized spacial score (nSPS) is 19.4. The minimum atomic E-state index is -4.34. The van der Waals surface area contributed by atoms with Crippen LogP contribution in [0, 0.1) is 0 Å². The number of rotatable bonds is 3. The number of hydrogen-bond acceptors (Lipinski definition) is 4. The van der Waals surface area contributed by atoms with Gasteiger partial charge in [-0.05, 0) is 61.4 Å². The van der Waals surface area contributed by atoms with Crippen LogP contribution in [0.4, 0.5) is 18.9 Å². The molecule has 7 heteroatoms. The van der Waals surface area contributed by atoms with Crippen LogP contribution in [0.3, 0.4) is 0 Å². The molecule has 2 aromatic carbocycles. The highest BCUT2D eigenvalue weighted by molar-refractivity contribution is 5.53. The molecule has 0 radical (unpaired) electrons. The zero-order valence-corrected chi connectivity index (χ0v) is 14.9. The number of ether oxygens (including phenoxy) is 1. The summed E-state index contributed by atoms with van der Waals surface area (Å²) in [7, 11) is 0. The molecule has 1 spiro atoms. The van der Waals surface area contributed by atoms with Crippen molar-refractivity contribution < 1.29 is 17.9 Å². The Morgan fingerprint density at radius 1 is 0.889 bits per heavy atom. The summed E-state index contributed by atoms with van der Waals surface area (Å²) in [5.41, 5.74) is 0.561. The van der Waals surface area contributed by atoms with E-state index < -0.39 is 11.7 Å². The van der Waals surface area contributed by atoms with Crippen LogP contribution in [0.1, 0.15) is 18.4 Å². The van der Waals surface area contributed by atoms with Gasteiger partial charge in [-0.25, -0.2) is 0 Å². The second-order valence-electron chi connectivity index (χ2n) is 7.13. The highest BCUT2D eigenvalue weighted by Crippen LogP contribution is 2.36. The number of alkyl halides is 3. The minimum absolute atomic E-state index is 0.105. The molecule has 0 aromatic heterocycles. The van der Waals surface area contributed by atoms with Gasteiger partial charge in [-0.2, -0.15) is 13.2 Å². The first kappa shape index (κ1) is 18.1. The van der Waals surface area contributed by atoms with E-state index in [1.165, 1.54) is 12.1 Å².